The lowest BCUT2D eigenvalue weighted by Crippen LogP contribution is -2.30. The summed E-state index contributed by atoms with van der Waals surface area (Å²) in [6.07, 6.45) is 4.02. The molecule has 186 valence electrons. The minimum atomic E-state index is -3.62. The summed E-state index contributed by atoms with van der Waals surface area (Å²) in [5, 5.41) is 3.21. The first kappa shape index (κ1) is 26.3. The Morgan fingerprint density at radius 1 is 0.943 bits per heavy atom. The maximum Gasteiger partial charge on any atom is 0.258 e. The van der Waals surface area contributed by atoms with Crippen molar-refractivity contribution in [2.45, 2.75) is 25.2 Å². The van der Waals surface area contributed by atoms with Gasteiger partial charge < -0.3 is 15.1 Å². The third-order valence-corrected chi connectivity index (χ3v) is 7.19. The number of sulfonamides is 1. The Kier molecular flexibility index (Phi) is 9.36. The number of pyridine rings is 1. The molecule has 2 N–H and O–H groups in total. The molecule has 1 aromatic heterocycles. The van der Waals surface area contributed by atoms with Crippen LogP contribution in [0.1, 0.15) is 30.6 Å². The van der Waals surface area contributed by atoms with Gasteiger partial charge >= 0.3 is 0 Å². The number of nitrogens with zero attached hydrogens (tertiary/aromatic N) is 3. The lowest BCUT2D eigenvalue weighted by atomic mass is 10.1. The lowest BCUT2D eigenvalue weighted by molar-refractivity contribution is 0.0993. The summed E-state index contributed by atoms with van der Waals surface area (Å²) in [5.41, 5.74) is 2.54. The number of benzene rings is 2. The molecule has 3 aromatic rings. The van der Waals surface area contributed by atoms with Crippen molar-refractivity contribution < 1.29 is 13.2 Å². The zero-order chi connectivity index (χ0) is 25.3. The maximum atomic E-state index is 12.9. The maximum absolute atomic E-state index is 12.9. The Balaban J connectivity index is 1.67. The van der Waals surface area contributed by atoms with Gasteiger partial charge in [-0.3, -0.25) is 9.78 Å². The largest absolute Gasteiger partial charge is 0.355 e. The van der Waals surface area contributed by atoms with Gasteiger partial charge in [0.25, 0.3) is 5.91 Å². The highest BCUT2D eigenvalue weighted by Gasteiger charge is 2.16. The number of anilines is 3. The van der Waals surface area contributed by atoms with E-state index in [4.69, 9.17) is 0 Å². The first-order valence-electron chi connectivity index (χ1n) is 11.7. The van der Waals surface area contributed by atoms with E-state index in [0.29, 0.717) is 23.5 Å². The van der Waals surface area contributed by atoms with E-state index < -0.39 is 10.0 Å². The predicted molar refractivity (Wildman–Crippen MR) is 141 cm³/mol. The molecule has 0 fully saturated rings. The van der Waals surface area contributed by atoms with Crippen molar-refractivity contribution in [2.24, 2.45) is 0 Å². The summed E-state index contributed by atoms with van der Waals surface area (Å²) in [5.74, 6) is -0.162. The molecule has 0 unspecified atom stereocenters. The molecule has 3 rings (SSSR count). The molecule has 35 heavy (non-hydrogen) atoms. The van der Waals surface area contributed by atoms with Crippen LogP contribution in [0.5, 0.6) is 0 Å². The van der Waals surface area contributed by atoms with Crippen molar-refractivity contribution in [2.75, 3.05) is 43.4 Å². The number of nitrogens with one attached hydrogen (secondary N) is 2. The second kappa shape index (κ2) is 12.4. The number of carbonyl (C=O) groups is 1. The number of rotatable bonds is 12. The van der Waals surface area contributed by atoms with Gasteiger partial charge in [-0.25, -0.2) is 13.1 Å². The highest BCUT2D eigenvalue weighted by Crippen LogP contribution is 2.22. The Hall–Kier alpha value is -3.27. The molecule has 9 heteroatoms. The molecule has 0 saturated heterocycles. The normalized spacial score (nSPS) is 11.4. The van der Waals surface area contributed by atoms with Crippen LogP contribution < -0.4 is 14.9 Å². The van der Waals surface area contributed by atoms with Crippen molar-refractivity contribution in [3.63, 3.8) is 0 Å². The molecule has 0 aliphatic heterocycles. The van der Waals surface area contributed by atoms with Crippen LogP contribution in [0.15, 0.2) is 78.0 Å². The van der Waals surface area contributed by atoms with E-state index >= 15 is 0 Å². The molecule has 0 atom stereocenters. The van der Waals surface area contributed by atoms with Gasteiger partial charge in [0.2, 0.25) is 10.0 Å². The molecule has 0 aliphatic carbocycles. The van der Waals surface area contributed by atoms with Gasteiger partial charge in [0.15, 0.2) is 0 Å². The zero-order valence-corrected chi connectivity index (χ0v) is 21.3. The first-order valence-corrected chi connectivity index (χ1v) is 13.2. The van der Waals surface area contributed by atoms with Gasteiger partial charge in [-0.2, -0.15) is 0 Å². The molecule has 8 nitrogen and oxygen atoms in total. The summed E-state index contributed by atoms with van der Waals surface area (Å²) in [7, 11) is -1.91. The molecule has 2 aromatic carbocycles. The van der Waals surface area contributed by atoms with Crippen molar-refractivity contribution in [1.82, 2.24) is 14.6 Å². The van der Waals surface area contributed by atoms with E-state index in [9.17, 15) is 13.2 Å². The van der Waals surface area contributed by atoms with E-state index in [1.807, 2.05) is 6.07 Å². The molecule has 0 saturated carbocycles. The topological polar surface area (TPSA) is 94.6 Å². The molecule has 0 spiro atoms. The quantitative estimate of drug-likeness (QED) is 0.367. The fourth-order valence-electron chi connectivity index (χ4n) is 3.65. The number of hydrogen-bond donors (Lipinski definition) is 2. The van der Waals surface area contributed by atoms with Crippen molar-refractivity contribution in [1.29, 1.82) is 0 Å². The summed E-state index contributed by atoms with van der Waals surface area (Å²) >= 11 is 0. The molecule has 0 aliphatic rings. The third-order valence-electron chi connectivity index (χ3n) is 5.73. The van der Waals surface area contributed by atoms with Crippen molar-refractivity contribution >= 4 is 33.0 Å². The molecule has 0 bridgehead atoms. The Morgan fingerprint density at radius 2 is 1.60 bits per heavy atom. The average molecular weight is 496 g/mol. The van der Waals surface area contributed by atoms with Crippen LogP contribution in [0.3, 0.4) is 0 Å². The molecule has 1 amide bonds. The second-order valence-corrected chi connectivity index (χ2v) is 9.85. The summed E-state index contributed by atoms with van der Waals surface area (Å²) in [6.45, 7) is 7.32. The van der Waals surface area contributed by atoms with Crippen LogP contribution in [-0.4, -0.2) is 57.4 Å². The van der Waals surface area contributed by atoms with E-state index in [1.54, 1.807) is 78.9 Å². The van der Waals surface area contributed by atoms with Gasteiger partial charge in [-0.15, -0.1) is 0 Å². The Morgan fingerprint density at radius 3 is 2.29 bits per heavy atom. The van der Waals surface area contributed by atoms with Gasteiger partial charge in [-0.1, -0.05) is 26.0 Å². The monoisotopic (exact) mass is 495 g/mol. The van der Waals surface area contributed by atoms with Gasteiger partial charge in [0.05, 0.1) is 4.90 Å². The molecule has 1 heterocycles. The van der Waals surface area contributed by atoms with Crippen LogP contribution in [0.2, 0.25) is 0 Å². The fraction of sp³-hybridized carbons (Fsp3) is 0.308. The average Bonchev–Trinajstić information content (AvgIpc) is 2.89. The fourth-order valence-corrected chi connectivity index (χ4v) is 4.77. The first-order chi connectivity index (χ1) is 16.8. The number of carbonyl (C=O) groups excluding carboxylic acids is 1. The lowest BCUT2D eigenvalue weighted by Gasteiger charge is -2.18. The summed E-state index contributed by atoms with van der Waals surface area (Å²) < 4.78 is 28.2. The van der Waals surface area contributed by atoms with E-state index in [0.717, 1.165) is 31.7 Å². The zero-order valence-electron chi connectivity index (χ0n) is 20.4. The van der Waals surface area contributed by atoms with Crippen LogP contribution in [0, 0.1) is 0 Å². The van der Waals surface area contributed by atoms with Crippen LogP contribution in [0.4, 0.5) is 17.1 Å². The molecular weight excluding hydrogens is 462 g/mol. The molecule has 0 radical (unpaired) electrons. The number of aromatic nitrogens is 1. The van der Waals surface area contributed by atoms with Crippen molar-refractivity contribution in [3.8, 4) is 0 Å². The summed E-state index contributed by atoms with van der Waals surface area (Å²) in [6, 6.07) is 17.3. The van der Waals surface area contributed by atoms with Crippen LogP contribution >= 0.6 is 0 Å². The minimum Gasteiger partial charge on any atom is -0.355 e. The van der Waals surface area contributed by atoms with Crippen LogP contribution in [-0.2, 0) is 10.0 Å². The Labute approximate surface area is 208 Å². The highest BCUT2D eigenvalue weighted by molar-refractivity contribution is 7.89. The smallest absolute Gasteiger partial charge is 0.258 e. The SMILES string of the molecule is CCN(CC)CCCNS(=O)(=O)c1cccc(Nc2cccc(C(=O)N(C)c3ccncc3)c2)c1. The van der Waals surface area contributed by atoms with Crippen LogP contribution in [0.25, 0.3) is 0 Å². The van der Waals surface area contributed by atoms with E-state index in [2.05, 4.69) is 33.8 Å². The van der Waals surface area contributed by atoms with E-state index in [-0.39, 0.29) is 10.8 Å². The molecular formula is C26H33N5O3S. The number of hydrogen-bond acceptors (Lipinski definition) is 6. The van der Waals surface area contributed by atoms with Crippen molar-refractivity contribution in [3.05, 3.63) is 78.6 Å². The van der Waals surface area contributed by atoms with Gasteiger partial charge in [0, 0.05) is 48.6 Å². The summed E-state index contributed by atoms with van der Waals surface area (Å²) in [4.78, 5) is 20.9. The number of amides is 1. The second-order valence-electron chi connectivity index (χ2n) is 8.08. The highest BCUT2D eigenvalue weighted by atomic mass is 32.2. The van der Waals surface area contributed by atoms with E-state index in [1.165, 1.54) is 0 Å². The minimum absolute atomic E-state index is 0.162. The standard InChI is InChI=1S/C26H33N5O3S/c1-4-31(5-2)18-8-15-28-35(33,34)25-12-7-11-23(20-25)29-22-10-6-9-21(19-22)26(32)30(3)24-13-16-27-17-14-24/h6-7,9-14,16-17,19-20,28-29H,4-5,8,15,18H2,1-3H3. The Bertz CT molecular complexity index is 1210. The predicted octanol–water partition coefficient (Wildman–Crippen LogP) is 4.11. The van der Waals surface area contributed by atoms with Gasteiger partial charge in [0.1, 0.15) is 0 Å². The third kappa shape index (κ3) is 7.35. The van der Waals surface area contributed by atoms with Gasteiger partial charge in [-0.05, 0) is 74.6 Å².